The van der Waals surface area contributed by atoms with Crippen LogP contribution in [0.25, 0.3) is 0 Å². The summed E-state index contributed by atoms with van der Waals surface area (Å²) in [4.78, 5) is 23.2. The molecule has 2 aromatic rings. The normalized spacial score (nSPS) is 10.1. The van der Waals surface area contributed by atoms with Crippen molar-refractivity contribution < 1.29 is 19.1 Å². The molecular weight excluding hydrogens is 306 g/mol. The Morgan fingerprint density at radius 1 is 1.04 bits per heavy atom. The average Bonchev–Trinajstić information content (AvgIpc) is 2.58. The van der Waals surface area contributed by atoms with E-state index in [1.54, 1.807) is 24.3 Å². The fourth-order valence-corrected chi connectivity index (χ4v) is 2.16. The molecule has 0 aliphatic carbocycles. The van der Waals surface area contributed by atoms with Gasteiger partial charge in [-0.05, 0) is 48.7 Å². The van der Waals surface area contributed by atoms with Gasteiger partial charge in [0.2, 0.25) is 0 Å². The second-order valence-corrected chi connectivity index (χ2v) is 5.48. The van der Waals surface area contributed by atoms with Crippen LogP contribution in [0.1, 0.15) is 16.7 Å². The van der Waals surface area contributed by atoms with Crippen LogP contribution in [0.15, 0.2) is 42.5 Å². The minimum atomic E-state index is -0.295. The smallest absolute Gasteiger partial charge is 0.309 e. The Labute approximate surface area is 141 Å². The van der Waals surface area contributed by atoms with Gasteiger partial charge in [0.15, 0.2) is 6.61 Å². The van der Waals surface area contributed by atoms with Crippen molar-refractivity contribution in [1.82, 2.24) is 0 Å². The van der Waals surface area contributed by atoms with Gasteiger partial charge < -0.3 is 14.8 Å². The van der Waals surface area contributed by atoms with Crippen LogP contribution in [0.2, 0.25) is 0 Å². The Kier molecular flexibility index (Phi) is 5.95. The van der Waals surface area contributed by atoms with Crippen molar-refractivity contribution in [1.29, 1.82) is 0 Å². The number of hydrogen-bond donors (Lipinski definition) is 1. The first-order chi connectivity index (χ1) is 11.5. The zero-order chi connectivity index (χ0) is 17.5. The van der Waals surface area contributed by atoms with Crippen LogP contribution >= 0.6 is 0 Å². The van der Waals surface area contributed by atoms with Crippen molar-refractivity contribution in [3.8, 4) is 5.75 Å². The van der Waals surface area contributed by atoms with Crippen LogP contribution in [0.5, 0.6) is 5.75 Å². The molecule has 0 saturated carbocycles. The summed E-state index contributed by atoms with van der Waals surface area (Å²) < 4.78 is 10.1. The topological polar surface area (TPSA) is 64.6 Å². The van der Waals surface area contributed by atoms with Crippen molar-refractivity contribution >= 4 is 17.6 Å². The molecule has 0 aliphatic heterocycles. The minimum absolute atomic E-state index is 0.0796. The molecule has 0 unspecified atom stereocenters. The van der Waals surface area contributed by atoms with E-state index in [9.17, 15) is 9.59 Å². The van der Waals surface area contributed by atoms with Crippen molar-refractivity contribution in [2.24, 2.45) is 0 Å². The second kappa shape index (κ2) is 8.15. The van der Waals surface area contributed by atoms with Gasteiger partial charge >= 0.3 is 5.97 Å². The highest BCUT2D eigenvalue weighted by atomic mass is 16.5. The summed E-state index contributed by atoms with van der Waals surface area (Å²) in [6.45, 7) is 3.88. The number of anilines is 1. The van der Waals surface area contributed by atoms with Gasteiger partial charge in [0, 0.05) is 5.69 Å². The molecule has 5 heteroatoms. The van der Waals surface area contributed by atoms with Gasteiger partial charge in [-0.2, -0.15) is 0 Å². The third-order valence-electron chi connectivity index (χ3n) is 3.75. The molecule has 0 spiro atoms. The molecule has 1 amide bonds. The summed E-state index contributed by atoms with van der Waals surface area (Å²) in [6.07, 6.45) is 0.212. The van der Waals surface area contributed by atoms with E-state index in [1.807, 2.05) is 32.0 Å². The summed E-state index contributed by atoms with van der Waals surface area (Å²) >= 11 is 0. The summed E-state index contributed by atoms with van der Waals surface area (Å²) in [5.74, 6) is 0.0543. The number of rotatable bonds is 6. The lowest BCUT2D eigenvalue weighted by Gasteiger charge is -2.11. The van der Waals surface area contributed by atoms with E-state index in [0.29, 0.717) is 5.75 Å². The van der Waals surface area contributed by atoms with Crippen molar-refractivity contribution in [2.45, 2.75) is 20.3 Å². The molecule has 1 N–H and O–H groups in total. The molecule has 0 atom stereocenters. The highest BCUT2D eigenvalue weighted by molar-refractivity contribution is 5.92. The Morgan fingerprint density at radius 2 is 1.75 bits per heavy atom. The maximum atomic E-state index is 12.0. The highest BCUT2D eigenvalue weighted by Gasteiger charge is 2.07. The number of carbonyl (C=O) groups excluding carboxylic acids is 2. The molecule has 0 aromatic heterocycles. The van der Waals surface area contributed by atoms with E-state index < -0.39 is 0 Å². The van der Waals surface area contributed by atoms with Crippen LogP contribution in [-0.4, -0.2) is 25.6 Å². The monoisotopic (exact) mass is 327 g/mol. The third-order valence-corrected chi connectivity index (χ3v) is 3.75. The van der Waals surface area contributed by atoms with Crippen LogP contribution in [0.4, 0.5) is 5.69 Å². The predicted octanol–water partition coefficient (Wildman–Crippen LogP) is 3.04. The van der Waals surface area contributed by atoms with Crippen LogP contribution in [0.3, 0.4) is 0 Å². The van der Waals surface area contributed by atoms with Crippen LogP contribution < -0.4 is 10.1 Å². The number of esters is 1. The molecule has 0 saturated heterocycles. The Bertz CT molecular complexity index is 723. The number of aryl methyl sites for hydroxylation is 1. The van der Waals surface area contributed by atoms with Crippen molar-refractivity contribution in [3.05, 3.63) is 59.2 Å². The zero-order valence-electron chi connectivity index (χ0n) is 14.1. The lowest BCUT2D eigenvalue weighted by atomic mass is 10.1. The Balaban J connectivity index is 1.87. The van der Waals surface area contributed by atoms with Crippen LogP contribution in [0, 0.1) is 13.8 Å². The largest absolute Gasteiger partial charge is 0.484 e. The molecule has 0 bridgehead atoms. The van der Waals surface area contributed by atoms with E-state index in [2.05, 4.69) is 10.1 Å². The summed E-state index contributed by atoms with van der Waals surface area (Å²) in [7, 11) is 1.36. The van der Waals surface area contributed by atoms with Gasteiger partial charge in [-0.15, -0.1) is 0 Å². The standard InChI is InChI=1S/C19H21NO4/c1-13-5-4-6-17(14(13)2)20-18(21)12-24-16-9-7-15(8-10-16)11-19(22)23-3/h4-10H,11-12H2,1-3H3,(H,20,21). The first kappa shape index (κ1) is 17.5. The number of carbonyl (C=O) groups is 2. The van der Waals surface area contributed by atoms with Gasteiger partial charge in [0.25, 0.3) is 5.91 Å². The molecule has 0 radical (unpaired) electrons. The van der Waals surface area contributed by atoms with E-state index in [1.165, 1.54) is 7.11 Å². The molecule has 0 aliphatic rings. The molecule has 2 aromatic carbocycles. The Hall–Kier alpha value is -2.82. The quantitative estimate of drug-likeness (QED) is 0.828. The van der Waals surface area contributed by atoms with E-state index in [0.717, 1.165) is 22.4 Å². The third kappa shape index (κ3) is 4.84. The van der Waals surface area contributed by atoms with E-state index in [4.69, 9.17) is 4.74 Å². The lowest BCUT2D eigenvalue weighted by molar-refractivity contribution is -0.139. The average molecular weight is 327 g/mol. The number of hydrogen-bond acceptors (Lipinski definition) is 4. The molecular formula is C19H21NO4. The van der Waals surface area contributed by atoms with Crippen LogP contribution in [-0.2, 0) is 20.7 Å². The van der Waals surface area contributed by atoms with Crippen molar-refractivity contribution in [3.63, 3.8) is 0 Å². The molecule has 5 nitrogen and oxygen atoms in total. The maximum Gasteiger partial charge on any atom is 0.309 e. The summed E-state index contributed by atoms with van der Waals surface area (Å²) in [6, 6.07) is 12.8. The van der Waals surface area contributed by atoms with E-state index >= 15 is 0 Å². The maximum absolute atomic E-state index is 12.0. The molecule has 126 valence electrons. The van der Waals surface area contributed by atoms with E-state index in [-0.39, 0.29) is 24.9 Å². The molecule has 0 heterocycles. The number of methoxy groups -OCH3 is 1. The Morgan fingerprint density at radius 3 is 2.42 bits per heavy atom. The fraction of sp³-hybridized carbons (Fsp3) is 0.263. The number of nitrogens with one attached hydrogen (secondary N) is 1. The lowest BCUT2D eigenvalue weighted by Crippen LogP contribution is -2.20. The molecule has 0 fully saturated rings. The SMILES string of the molecule is COC(=O)Cc1ccc(OCC(=O)Nc2cccc(C)c2C)cc1. The first-order valence-corrected chi connectivity index (χ1v) is 7.64. The predicted molar refractivity (Wildman–Crippen MR) is 92.2 cm³/mol. The van der Waals surface area contributed by atoms with Gasteiger partial charge in [-0.3, -0.25) is 9.59 Å². The fourth-order valence-electron chi connectivity index (χ4n) is 2.16. The van der Waals surface area contributed by atoms with Gasteiger partial charge in [-0.25, -0.2) is 0 Å². The van der Waals surface area contributed by atoms with Gasteiger partial charge in [-0.1, -0.05) is 24.3 Å². The first-order valence-electron chi connectivity index (χ1n) is 7.64. The molecule has 2 rings (SSSR count). The minimum Gasteiger partial charge on any atom is -0.484 e. The van der Waals surface area contributed by atoms with Gasteiger partial charge in [0.05, 0.1) is 13.5 Å². The number of benzene rings is 2. The number of amides is 1. The second-order valence-electron chi connectivity index (χ2n) is 5.48. The summed E-state index contributed by atoms with van der Waals surface area (Å²) in [5, 5.41) is 2.84. The van der Waals surface area contributed by atoms with Gasteiger partial charge in [0.1, 0.15) is 5.75 Å². The molecule has 24 heavy (non-hydrogen) atoms. The number of ether oxygens (including phenoxy) is 2. The zero-order valence-corrected chi connectivity index (χ0v) is 14.1. The highest BCUT2D eigenvalue weighted by Crippen LogP contribution is 2.18. The van der Waals surface area contributed by atoms with Crippen molar-refractivity contribution in [2.75, 3.05) is 19.0 Å². The summed E-state index contributed by atoms with van der Waals surface area (Å²) in [5.41, 5.74) is 3.78.